The fraction of sp³-hybridized carbons (Fsp3) is 0.400. The van der Waals surface area contributed by atoms with Crippen LogP contribution >= 0.6 is 0 Å². The maximum absolute atomic E-state index is 9.39. The zero-order chi connectivity index (χ0) is 16.4. The van der Waals surface area contributed by atoms with Gasteiger partial charge in [0.1, 0.15) is 11.9 Å². The summed E-state index contributed by atoms with van der Waals surface area (Å²) in [5.41, 5.74) is 2.07. The summed E-state index contributed by atoms with van der Waals surface area (Å²) in [5, 5.41) is 9.39. The molecule has 0 unspecified atom stereocenters. The number of pyridine rings is 1. The third-order valence-corrected chi connectivity index (χ3v) is 5.26. The van der Waals surface area contributed by atoms with Crippen molar-refractivity contribution >= 4 is 5.82 Å². The lowest BCUT2D eigenvalue weighted by atomic mass is 9.94. The Bertz CT molecular complexity index is 737. The number of benzene rings is 1. The highest BCUT2D eigenvalue weighted by atomic mass is 15.3. The molecule has 0 spiro atoms. The minimum Gasteiger partial charge on any atom is -0.354 e. The van der Waals surface area contributed by atoms with Gasteiger partial charge in [-0.15, -0.1) is 0 Å². The molecule has 4 heterocycles. The molecule has 3 fully saturated rings. The van der Waals surface area contributed by atoms with Gasteiger partial charge in [0.2, 0.25) is 0 Å². The van der Waals surface area contributed by atoms with Crippen molar-refractivity contribution in [3.05, 3.63) is 59.8 Å². The summed E-state index contributed by atoms with van der Waals surface area (Å²) < 4.78 is 0. The highest BCUT2D eigenvalue weighted by Gasteiger charge is 2.35. The van der Waals surface area contributed by atoms with E-state index in [2.05, 4.69) is 51.2 Å². The van der Waals surface area contributed by atoms with E-state index in [0.29, 0.717) is 17.5 Å². The molecule has 0 aliphatic carbocycles. The van der Waals surface area contributed by atoms with E-state index < -0.39 is 0 Å². The third-order valence-electron chi connectivity index (χ3n) is 5.26. The number of aromatic nitrogens is 1. The van der Waals surface area contributed by atoms with E-state index in [-0.39, 0.29) is 0 Å². The normalized spacial score (nSPS) is 23.7. The summed E-state index contributed by atoms with van der Waals surface area (Å²) in [6, 6.07) is 17.3. The van der Waals surface area contributed by atoms with Gasteiger partial charge >= 0.3 is 0 Å². The Hall–Kier alpha value is -2.38. The molecule has 2 bridgehead atoms. The molecule has 0 radical (unpaired) electrons. The average Bonchev–Trinajstić information content (AvgIpc) is 2.94. The van der Waals surface area contributed by atoms with E-state index in [1.165, 1.54) is 18.4 Å². The fourth-order valence-electron chi connectivity index (χ4n) is 4.10. The minimum atomic E-state index is 0.539. The Balaban J connectivity index is 1.56. The van der Waals surface area contributed by atoms with E-state index in [1.807, 2.05) is 12.1 Å². The van der Waals surface area contributed by atoms with Gasteiger partial charge in [0.25, 0.3) is 0 Å². The first kappa shape index (κ1) is 15.2. The minimum absolute atomic E-state index is 0.539. The van der Waals surface area contributed by atoms with E-state index in [4.69, 9.17) is 0 Å². The second-order valence-electron chi connectivity index (χ2n) is 6.90. The number of hydrogen-bond acceptors (Lipinski definition) is 4. The Labute approximate surface area is 143 Å². The smallest absolute Gasteiger partial charge is 0.146 e. The lowest BCUT2D eigenvalue weighted by Crippen LogP contribution is -2.43. The molecule has 3 aliphatic heterocycles. The molecule has 2 aromatic rings. The van der Waals surface area contributed by atoms with Crippen LogP contribution in [0.25, 0.3) is 0 Å². The molecule has 2 atom stereocenters. The molecule has 122 valence electrons. The Kier molecular flexibility index (Phi) is 4.18. The first-order valence-corrected chi connectivity index (χ1v) is 8.71. The van der Waals surface area contributed by atoms with Gasteiger partial charge in [-0.2, -0.15) is 5.26 Å². The van der Waals surface area contributed by atoms with Gasteiger partial charge in [0.05, 0.1) is 5.56 Å². The molecular weight excluding hydrogens is 296 g/mol. The van der Waals surface area contributed by atoms with Gasteiger partial charge in [-0.3, -0.25) is 4.90 Å². The molecule has 3 aliphatic rings. The summed E-state index contributed by atoms with van der Waals surface area (Å²) in [6.07, 6.45) is 4.31. The largest absolute Gasteiger partial charge is 0.354 e. The SMILES string of the molecule is N#Cc1cccnc1N1C[C@H]2CC[C@@H](C1)N(Cc1ccccc1)C2. The third kappa shape index (κ3) is 3.00. The van der Waals surface area contributed by atoms with Crippen LogP contribution in [0.15, 0.2) is 48.7 Å². The molecule has 5 rings (SSSR count). The van der Waals surface area contributed by atoms with Crippen molar-refractivity contribution < 1.29 is 0 Å². The lowest BCUT2D eigenvalue weighted by molar-refractivity contribution is 0.126. The number of anilines is 1. The fourth-order valence-corrected chi connectivity index (χ4v) is 4.10. The second kappa shape index (κ2) is 6.62. The van der Waals surface area contributed by atoms with Gasteiger partial charge in [-0.25, -0.2) is 4.98 Å². The number of fused-ring (bicyclic) bond motifs is 4. The summed E-state index contributed by atoms with van der Waals surface area (Å²) in [7, 11) is 0. The van der Waals surface area contributed by atoms with E-state index in [1.54, 1.807) is 6.20 Å². The van der Waals surface area contributed by atoms with Crippen molar-refractivity contribution in [3.8, 4) is 6.07 Å². The topological polar surface area (TPSA) is 43.2 Å². The average molecular weight is 318 g/mol. The van der Waals surface area contributed by atoms with E-state index in [9.17, 15) is 5.26 Å². The van der Waals surface area contributed by atoms with Gasteiger partial charge in [-0.1, -0.05) is 30.3 Å². The summed E-state index contributed by atoms with van der Waals surface area (Å²) >= 11 is 0. The van der Waals surface area contributed by atoms with Crippen LogP contribution in [0.2, 0.25) is 0 Å². The highest BCUT2D eigenvalue weighted by Crippen LogP contribution is 2.32. The quantitative estimate of drug-likeness (QED) is 0.872. The molecule has 1 aromatic heterocycles. The maximum Gasteiger partial charge on any atom is 0.146 e. The molecule has 0 saturated carbocycles. The van der Waals surface area contributed by atoms with Crippen LogP contribution in [0.5, 0.6) is 0 Å². The molecule has 24 heavy (non-hydrogen) atoms. The van der Waals surface area contributed by atoms with Crippen molar-refractivity contribution in [2.45, 2.75) is 25.4 Å². The first-order chi connectivity index (χ1) is 11.8. The predicted octanol–water partition coefficient (Wildman–Crippen LogP) is 3.05. The number of nitriles is 1. The molecule has 3 saturated heterocycles. The van der Waals surface area contributed by atoms with Crippen LogP contribution in [0.1, 0.15) is 24.0 Å². The zero-order valence-corrected chi connectivity index (χ0v) is 13.8. The van der Waals surface area contributed by atoms with Crippen LogP contribution in [0, 0.1) is 17.2 Å². The van der Waals surface area contributed by atoms with Crippen molar-refractivity contribution in [2.75, 3.05) is 24.5 Å². The zero-order valence-electron chi connectivity index (χ0n) is 13.8. The summed E-state index contributed by atoms with van der Waals surface area (Å²) in [5.74, 6) is 1.51. The summed E-state index contributed by atoms with van der Waals surface area (Å²) in [6.45, 7) is 4.14. The molecule has 4 heteroatoms. The Morgan fingerprint density at radius 1 is 1.04 bits per heavy atom. The van der Waals surface area contributed by atoms with Crippen molar-refractivity contribution in [3.63, 3.8) is 0 Å². The molecule has 0 N–H and O–H groups in total. The second-order valence-corrected chi connectivity index (χ2v) is 6.90. The monoisotopic (exact) mass is 318 g/mol. The van der Waals surface area contributed by atoms with Crippen molar-refractivity contribution in [2.24, 2.45) is 5.92 Å². The Morgan fingerprint density at radius 2 is 1.92 bits per heavy atom. The molecular formula is C20H22N4. The Morgan fingerprint density at radius 3 is 2.75 bits per heavy atom. The van der Waals surface area contributed by atoms with Gasteiger partial charge < -0.3 is 4.90 Å². The van der Waals surface area contributed by atoms with Gasteiger partial charge in [-0.05, 0) is 36.5 Å². The predicted molar refractivity (Wildman–Crippen MR) is 94.5 cm³/mol. The van der Waals surface area contributed by atoms with Crippen LogP contribution < -0.4 is 4.90 Å². The number of rotatable bonds is 3. The molecule has 4 nitrogen and oxygen atoms in total. The standard InChI is InChI=1S/C20H22N4/c21-11-18-7-4-10-22-20(18)24-14-17-8-9-19(15-24)23(13-17)12-16-5-2-1-3-6-16/h1-7,10,17,19H,8-9,12-15H2/t17-,19-/m0/s1. The van der Waals surface area contributed by atoms with Crippen LogP contribution in [-0.4, -0.2) is 35.6 Å². The van der Waals surface area contributed by atoms with Crippen molar-refractivity contribution in [1.82, 2.24) is 9.88 Å². The van der Waals surface area contributed by atoms with Gasteiger partial charge in [0, 0.05) is 38.4 Å². The van der Waals surface area contributed by atoms with Crippen molar-refractivity contribution in [1.29, 1.82) is 5.26 Å². The number of nitrogens with zero attached hydrogens (tertiary/aromatic N) is 4. The number of hydrogen-bond donors (Lipinski definition) is 0. The molecule has 1 aromatic carbocycles. The van der Waals surface area contributed by atoms with Crippen LogP contribution in [0.3, 0.4) is 0 Å². The first-order valence-electron chi connectivity index (χ1n) is 8.71. The number of piperidine rings is 1. The highest BCUT2D eigenvalue weighted by molar-refractivity contribution is 5.54. The van der Waals surface area contributed by atoms with E-state index >= 15 is 0 Å². The van der Waals surface area contributed by atoms with E-state index in [0.717, 1.165) is 32.0 Å². The maximum atomic E-state index is 9.39. The molecule has 0 amide bonds. The lowest BCUT2D eigenvalue weighted by Gasteiger charge is -2.36. The van der Waals surface area contributed by atoms with Gasteiger partial charge in [0.15, 0.2) is 0 Å². The van der Waals surface area contributed by atoms with Crippen LogP contribution in [-0.2, 0) is 6.54 Å². The summed E-state index contributed by atoms with van der Waals surface area (Å²) in [4.78, 5) is 9.47. The van der Waals surface area contributed by atoms with Crippen LogP contribution in [0.4, 0.5) is 5.82 Å².